The Bertz CT molecular complexity index is 1600. The molecule has 42 heavy (non-hydrogen) atoms. The van der Waals surface area contributed by atoms with Crippen molar-refractivity contribution in [1.82, 2.24) is 0 Å². The molecule has 1 heterocycles. The first-order chi connectivity index (χ1) is 20.6. The minimum Gasteiger partial charge on any atom is -0.497 e. The smallest absolute Gasteiger partial charge is 0.335 e. The maximum absolute atomic E-state index is 13.7. The highest BCUT2D eigenvalue weighted by molar-refractivity contribution is 6.07. The number of hydrogen-bond donors (Lipinski definition) is 0. The summed E-state index contributed by atoms with van der Waals surface area (Å²) in [5, 5.41) is 0. The molecule has 0 N–H and O–H groups in total. The van der Waals surface area contributed by atoms with Crippen molar-refractivity contribution in [3.05, 3.63) is 119 Å². The van der Waals surface area contributed by atoms with Crippen LogP contribution >= 0.6 is 0 Å². The lowest BCUT2D eigenvalue weighted by Crippen LogP contribution is -2.30. The van der Waals surface area contributed by atoms with Gasteiger partial charge in [-0.25, -0.2) is 4.79 Å². The van der Waals surface area contributed by atoms with Crippen molar-refractivity contribution in [3.63, 3.8) is 0 Å². The van der Waals surface area contributed by atoms with E-state index in [-0.39, 0.29) is 0 Å². The number of hydrogen-bond acceptors (Lipinski definition) is 7. The second kappa shape index (κ2) is 11.9. The summed E-state index contributed by atoms with van der Waals surface area (Å²) < 4.78 is 35.9. The molecule has 6 rings (SSSR count). The minimum atomic E-state index is -0.776. The van der Waals surface area contributed by atoms with E-state index in [0.29, 0.717) is 53.1 Å². The van der Waals surface area contributed by atoms with Crippen molar-refractivity contribution in [2.45, 2.75) is 32.2 Å². The Morgan fingerprint density at radius 2 is 1.50 bits per heavy atom. The predicted molar refractivity (Wildman–Crippen MR) is 158 cm³/mol. The maximum atomic E-state index is 13.7. The summed E-state index contributed by atoms with van der Waals surface area (Å²) in [5.41, 5.74) is 4.53. The summed E-state index contributed by atoms with van der Waals surface area (Å²) >= 11 is 0. The summed E-state index contributed by atoms with van der Waals surface area (Å²) in [4.78, 5) is 13.7. The van der Waals surface area contributed by atoms with Crippen LogP contribution in [0.15, 0.2) is 96.6 Å². The van der Waals surface area contributed by atoms with Crippen LogP contribution in [0.2, 0.25) is 0 Å². The molecule has 0 amide bonds. The van der Waals surface area contributed by atoms with Crippen LogP contribution in [0.25, 0.3) is 5.57 Å². The summed E-state index contributed by atoms with van der Waals surface area (Å²) in [5.74, 6) is 2.11. The number of methoxy groups -OCH3 is 2. The van der Waals surface area contributed by atoms with Gasteiger partial charge in [0.2, 0.25) is 0 Å². The molecule has 1 aliphatic heterocycles. The number of benzene rings is 4. The number of fused-ring (bicyclic) bond motifs is 2. The highest BCUT2D eigenvalue weighted by Crippen LogP contribution is 2.53. The zero-order valence-corrected chi connectivity index (χ0v) is 23.8. The summed E-state index contributed by atoms with van der Waals surface area (Å²) in [6.07, 6.45) is 0.0930. The molecule has 7 nitrogen and oxygen atoms in total. The molecule has 0 bridgehead atoms. The number of carbonyl (C=O) groups excluding carboxylic acids is 1. The molecular weight excluding hydrogens is 532 g/mol. The standard InChI is InChI=1S/C35H32O7/c1-4-18-39-24-15-16-25-27(19-24)31(26-17-14-23(37-2)20-30(26)40-21-22-10-6-5-7-11-22)33(34(36)38-3)32(25)35-41-28-12-8-9-13-29(28)42-35/h5-17,19-20,32,35H,4,18,21H2,1-3H3/t32-/m0/s1. The molecule has 1 atom stereocenters. The van der Waals surface area contributed by atoms with Crippen molar-refractivity contribution >= 4 is 11.5 Å². The predicted octanol–water partition coefficient (Wildman–Crippen LogP) is 6.93. The second-order valence-electron chi connectivity index (χ2n) is 10.0. The molecule has 2 aliphatic rings. The van der Waals surface area contributed by atoms with Crippen molar-refractivity contribution in [1.29, 1.82) is 0 Å². The van der Waals surface area contributed by atoms with E-state index in [9.17, 15) is 4.79 Å². The third kappa shape index (κ3) is 5.14. The molecule has 4 aromatic carbocycles. The number of carbonyl (C=O) groups is 1. The highest BCUT2D eigenvalue weighted by Gasteiger charge is 2.46. The van der Waals surface area contributed by atoms with Crippen LogP contribution in [-0.4, -0.2) is 33.1 Å². The first-order valence-electron chi connectivity index (χ1n) is 14.0. The first-order valence-corrected chi connectivity index (χ1v) is 14.0. The van der Waals surface area contributed by atoms with E-state index in [4.69, 9.17) is 28.4 Å². The fourth-order valence-electron chi connectivity index (χ4n) is 5.45. The Balaban J connectivity index is 1.52. The minimum absolute atomic E-state index is 0.335. The van der Waals surface area contributed by atoms with Crippen molar-refractivity contribution in [3.8, 4) is 28.7 Å². The normalized spacial score (nSPS) is 15.4. The van der Waals surface area contributed by atoms with Gasteiger partial charge >= 0.3 is 5.97 Å². The summed E-state index contributed by atoms with van der Waals surface area (Å²) in [6, 6.07) is 28.9. The maximum Gasteiger partial charge on any atom is 0.335 e. The number of esters is 1. The Morgan fingerprint density at radius 1 is 0.786 bits per heavy atom. The van der Waals surface area contributed by atoms with Crippen LogP contribution in [0, 0.1) is 0 Å². The van der Waals surface area contributed by atoms with E-state index in [1.54, 1.807) is 7.11 Å². The van der Waals surface area contributed by atoms with Gasteiger partial charge in [0.05, 0.1) is 32.3 Å². The lowest BCUT2D eigenvalue weighted by molar-refractivity contribution is -0.137. The molecule has 0 saturated heterocycles. The Hall–Kier alpha value is -4.91. The fraction of sp³-hybridized carbons (Fsp3) is 0.229. The first kappa shape index (κ1) is 27.3. The lowest BCUT2D eigenvalue weighted by Gasteiger charge is -2.21. The molecule has 1 aliphatic carbocycles. The van der Waals surface area contributed by atoms with Gasteiger partial charge in [-0.2, -0.15) is 0 Å². The van der Waals surface area contributed by atoms with Crippen LogP contribution in [-0.2, 0) is 16.1 Å². The van der Waals surface area contributed by atoms with Crippen LogP contribution in [0.3, 0.4) is 0 Å². The summed E-state index contributed by atoms with van der Waals surface area (Å²) in [7, 11) is 2.99. The zero-order valence-electron chi connectivity index (χ0n) is 23.8. The van der Waals surface area contributed by atoms with E-state index in [2.05, 4.69) is 6.92 Å². The molecule has 0 aromatic heterocycles. The van der Waals surface area contributed by atoms with Gasteiger partial charge in [0.25, 0.3) is 6.29 Å². The Kier molecular flexibility index (Phi) is 7.73. The van der Waals surface area contributed by atoms with Crippen LogP contribution in [0.5, 0.6) is 28.7 Å². The monoisotopic (exact) mass is 564 g/mol. The third-order valence-corrected chi connectivity index (χ3v) is 7.39. The molecule has 4 aromatic rings. The second-order valence-corrected chi connectivity index (χ2v) is 10.0. The fourth-order valence-corrected chi connectivity index (χ4v) is 5.45. The van der Waals surface area contributed by atoms with Gasteiger partial charge in [-0.3, -0.25) is 0 Å². The zero-order chi connectivity index (χ0) is 29.1. The molecule has 0 spiro atoms. The SMILES string of the molecule is CCCOc1ccc2c(c1)C(c1ccc(OC)cc1OCc1ccccc1)=C(C(=O)OC)[C@H]2C1Oc2ccccc2O1. The molecule has 0 saturated carbocycles. The van der Waals surface area contributed by atoms with Gasteiger partial charge in [-0.15, -0.1) is 0 Å². The van der Waals surface area contributed by atoms with E-state index in [1.165, 1.54) is 7.11 Å². The van der Waals surface area contributed by atoms with Gasteiger partial charge in [0.1, 0.15) is 23.9 Å². The van der Waals surface area contributed by atoms with Crippen molar-refractivity contribution in [2.24, 2.45) is 0 Å². The van der Waals surface area contributed by atoms with Crippen molar-refractivity contribution in [2.75, 3.05) is 20.8 Å². The quantitative estimate of drug-likeness (QED) is 0.193. The van der Waals surface area contributed by atoms with E-state index in [1.807, 2.05) is 91.0 Å². The lowest BCUT2D eigenvalue weighted by atomic mass is 9.94. The number of para-hydroxylation sites is 2. The van der Waals surface area contributed by atoms with Gasteiger partial charge in [0.15, 0.2) is 11.5 Å². The molecular formula is C35H32O7. The Morgan fingerprint density at radius 3 is 2.19 bits per heavy atom. The summed E-state index contributed by atoms with van der Waals surface area (Å²) in [6.45, 7) is 2.97. The average Bonchev–Trinajstić information content (AvgIpc) is 3.61. The van der Waals surface area contributed by atoms with Crippen LogP contribution < -0.4 is 23.7 Å². The molecule has 0 unspecified atom stereocenters. The van der Waals surface area contributed by atoms with Gasteiger partial charge in [0, 0.05) is 17.2 Å². The van der Waals surface area contributed by atoms with Crippen molar-refractivity contribution < 1.29 is 33.2 Å². The van der Waals surface area contributed by atoms with Crippen LogP contribution in [0.1, 0.15) is 41.5 Å². The van der Waals surface area contributed by atoms with Gasteiger partial charge in [-0.05, 0) is 59.5 Å². The highest BCUT2D eigenvalue weighted by atomic mass is 16.7. The number of ether oxygens (including phenoxy) is 6. The molecule has 0 radical (unpaired) electrons. The van der Waals surface area contributed by atoms with E-state index >= 15 is 0 Å². The molecule has 214 valence electrons. The van der Waals surface area contributed by atoms with E-state index in [0.717, 1.165) is 28.7 Å². The van der Waals surface area contributed by atoms with Crippen LogP contribution in [0.4, 0.5) is 0 Å². The van der Waals surface area contributed by atoms with E-state index < -0.39 is 18.2 Å². The third-order valence-electron chi connectivity index (χ3n) is 7.39. The van der Waals surface area contributed by atoms with Gasteiger partial charge in [-0.1, -0.05) is 55.5 Å². The average molecular weight is 565 g/mol. The Labute approximate surface area is 245 Å². The molecule has 0 fully saturated rings. The number of rotatable bonds is 10. The largest absolute Gasteiger partial charge is 0.497 e. The molecule has 7 heteroatoms. The van der Waals surface area contributed by atoms with Gasteiger partial charge < -0.3 is 28.4 Å². The topological polar surface area (TPSA) is 72.5 Å².